The van der Waals surface area contributed by atoms with Gasteiger partial charge in [-0.2, -0.15) is 0 Å². The quantitative estimate of drug-likeness (QED) is 0.293. The molecular weight excluding hydrogens is 474 g/mol. The number of benzene rings is 1. The molecule has 6 heteroatoms. The van der Waals surface area contributed by atoms with Crippen LogP contribution in [0.5, 0.6) is 0 Å². The summed E-state index contributed by atoms with van der Waals surface area (Å²) in [6.45, 7) is 8.91. The molecule has 0 unspecified atom stereocenters. The SMILES string of the molecule is CCC(C)(C)CC1CC(c2onc([C@H](CCC(=O)O)CC(=O)Cc3ccc(C)cc3Cl)c2C2CC2)C1. The third kappa shape index (κ3) is 6.59. The average Bonchev–Trinajstić information content (AvgIpc) is 3.54. The van der Waals surface area contributed by atoms with Gasteiger partial charge < -0.3 is 9.63 Å². The number of aromatic nitrogens is 1. The van der Waals surface area contributed by atoms with Crippen LogP contribution in [0.1, 0.15) is 124 Å². The molecule has 196 valence electrons. The number of carbonyl (C=O) groups excluding carboxylic acids is 1. The van der Waals surface area contributed by atoms with E-state index in [1.807, 2.05) is 25.1 Å². The molecular formula is C30H40ClNO4. The normalized spacial score (nSPS) is 20.7. The van der Waals surface area contributed by atoms with E-state index >= 15 is 0 Å². The van der Waals surface area contributed by atoms with Gasteiger partial charge in [0.05, 0.1) is 5.69 Å². The van der Waals surface area contributed by atoms with Gasteiger partial charge in [0, 0.05) is 41.7 Å². The van der Waals surface area contributed by atoms with Gasteiger partial charge in [-0.15, -0.1) is 0 Å². The van der Waals surface area contributed by atoms with E-state index in [2.05, 4.69) is 25.9 Å². The summed E-state index contributed by atoms with van der Waals surface area (Å²) in [5.74, 6) is 1.49. The van der Waals surface area contributed by atoms with Gasteiger partial charge in [0.15, 0.2) is 0 Å². The Morgan fingerprint density at radius 3 is 2.56 bits per heavy atom. The van der Waals surface area contributed by atoms with Gasteiger partial charge in [-0.1, -0.05) is 56.1 Å². The molecule has 0 bridgehead atoms. The highest BCUT2D eigenvalue weighted by Gasteiger charge is 2.42. The maximum atomic E-state index is 13.1. The molecule has 1 aromatic carbocycles. The van der Waals surface area contributed by atoms with Crippen molar-refractivity contribution in [2.75, 3.05) is 0 Å². The number of carboxylic acids is 1. The lowest BCUT2D eigenvalue weighted by atomic mass is 9.66. The number of ketones is 1. The first kappa shape index (κ1) is 26.9. The van der Waals surface area contributed by atoms with E-state index < -0.39 is 5.97 Å². The summed E-state index contributed by atoms with van der Waals surface area (Å²) >= 11 is 6.37. The summed E-state index contributed by atoms with van der Waals surface area (Å²) in [5.41, 5.74) is 4.24. The molecule has 1 heterocycles. The van der Waals surface area contributed by atoms with Crippen LogP contribution in [0.4, 0.5) is 0 Å². The van der Waals surface area contributed by atoms with Crippen LogP contribution in [0.15, 0.2) is 22.7 Å². The molecule has 0 radical (unpaired) electrons. The highest BCUT2D eigenvalue weighted by atomic mass is 35.5. The number of rotatable bonds is 13. The molecule has 1 aromatic heterocycles. The topological polar surface area (TPSA) is 80.4 Å². The number of hydrogen-bond donors (Lipinski definition) is 1. The van der Waals surface area contributed by atoms with Crippen LogP contribution in [0.25, 0.3) is 0 Å². The molecule has 0 amide bonds. The van der Waals surface area contributed by atoms with E-state index in [4.69, 9.17) is 16.1 Å². The second-order valence-corrected chi connectivity index (χ2v) is 12.4. The van der Waals surface area contributed by atoms with Crippen LogP contribution in [0.3, 0.4) is 0 Å². The van der Waals surface area contributed by atoms with Gasteiger partial charge in [0.1, 0.15) is 11.5 Å². The van der Waals surface area contributed by atoms with Crippen molar-refractivity contribution in [3.8, 4) is 0 Å². The number of hydrogen-bond acceptors (Lipinski definition) is 4. The first-order chi connectivity index (χ1) is 17.1. The summed E-state index contributed by atoms with van der Waals surface area (Å²) < 4.78 is 6.00. The second-order valence-electron chi connectivity index (χ2n) is 12.0. The highest BCUT2D eigenvalue weighted by molar-refractivity contribution is 6.31. The Balaban J connectivity index is 1.50. The van der Waals surface area contributed by atoms with Gasteiger partial charge in [-0.05, 0) is 79.9 Å². The van der Waals surface area contributed by atoms with Gasteiger partial charge in [0.25, 0.3) is 0 Å². The number of Topliss-reactive ketones (excluding diaryl/α,β-unsaturated/α-hetero) is 1. The van der Waals surface area contributed by atoms with Crippen LogP contribution in [-0.4, -0.2) is 22.0 Å². The fourth-order valence-corrected chi connectivity index (χ4v) is 6.03. The third-order valence-electron chi connectivity index (χ3n) is 8.34. The molecule has 2 aliphatic rings. The van der Waals surface area contributed by atoms with E-state index in [0.29, 0.717) is 34.6 Å². The number of aryl methyl sites for hydroxylation is 1. The molecule has 2 fully saturated rings. The third-order valence-corrected chi connectivity index (χ3v) is 8.69. The van der Waals surface area contributed by atoms with Crippen LogP contribution in [-0.2, 0) is 16.0 Å². The molecule has 4 rings (SSSR count). The molecule has 5 nitrogen and oxygen atoms in total. The van der Waals surface area contributed by atoms with Crippen molar-refractivity contribution < 1.29 is 19.2 Å². The Labute approximate surface area is 220 Å². The van der Waals surface area contributed by atoms with Crippen LogP contribution in [0.2, 0.25) is 5.02 Å². The minimum atomic E-state index is -0.855. The Morgan fingerprint density at radius 2 is 1.94 bits per heavy atom. The predicted molar refractivity (Wildman–Crippen MR) is 142 cm³/mol. The molecule has 2 aliphatic carbocycles. The number of halogens is 1. The summed E-state index contributed by atoms with van der Waals surface area (Å²) in [5, 5.41) is 14.5. The fraction of sp³-hybridized carbons (Fsp3) is 0.633. The average molecular weight is 514 g/mol. The van der Waals surface area contributed by atoms with Crippen LogP contribution >= 0.6 is 11.6 Å². The largest absolute Gasteiger partial charge is 0.481 e. The number of nitrogens with zero attached hydrogens (tertiary/aromatic N) is 1. The Hall–Kier alpha value is -2.14. The molecule has 36 heavy (non-hydrogen) atoms. The maximum absolute atomic E-state index is 13.1. The van der Waals surface area contributed by atoms with E-state index in [1.165, 1.54) is 18.4 Å². The summed E-state index contributed by atoms with van der Waals surface area (Å²) in [7, 11) is 0. The molecule has 0 aliphatic heterocycles. The zero-order valence-electron chi connectivity index (χ0n) is 22.1. The lowest BCUT2D eigenvalue weighted by Crippen LogP contribution is -2.27. The summed E-state index contributed by atoms with van der Waals surface area (Å²) in [6, 6.07) is 5.73. The zero-order valence-corrected chi connectivity index (χ0v) is 22.9. The molecule has 1 atom stereocenters. The number of carboxylic acid groups (broad SMARTS) is 1. The zero-order chi connectivity index (χ0) is 26.0. The second kappa shape index (κ2) is 11.1. The number of carbonyl (C=O) groups is 2. The Morgan fingerprint density at radius 1 is 1.22 bits per heavy atom. The molecule has 2 aromatic rings. The van der Waals surface area contributed by atoms with Crippen molar-refractivity contribution in [1.82, 2.24) is 5.16 Å². The van der Waals surface area contributed by atoms with Gasteiger partial charge in [-0.25, -0.2) is 0 Å². The summed E-state index contributed by atoms with van der Waals surface area (Å²) in [6.07, 6.45) is 7.77. The maximum Gasteiger partial charge on any atom is 0.303 e. The fourth-order valence-electron chi connectivity index (χ4n) is 5.72. The van der Waals surface area contributed by atoms with Crippen molar-refractivity contribution in [1.29, 1.82) is 0 Å². The van der Waals surface area contributed by atoms with Gasteiger partial charge in [0.2, 0.25) is 0 Å². The smallest absolute Gasteiger partial charge is 0.303 e. The monoisotopic (exact) mass is 513 g/mol. The van der Waals surface area contributed by atoms with E-state index in [-0.39, 0.29) is 31.0 Å². The van der Waals surface area contributed by atoms with Crippen molar-refractivity contribution >= 4 is 23.4 Å². The minimum absolute atomic E-state index is 0.00708. The first-order valence-corrected chi connectivity index (χ1v) is 13.9. The molecule has 1 N–H and O–H groups in total. The van der Waals surface area contributed by atoms with Crippen LogP contribution in [0, 0.1) is 18.3 Å². The standard InChI is InChI=1S/C30H40ClNO4/c1-5-30(3,4)17-19-13-23(14-19)29-27(20-8-9-20)28(32-36-29)22(10-11-26(34)35)16-24(33)15-21-7-6-18(2)12-25(21)31/h6-7,12,19-20,22-23H,5,8-11,13-17H2,1-4H3,(H,34,35)/t19?,22-,23?/m1/s1. The Kier molecular flexibility index (Phi) is 8.28. The van der Waals surface area contributed by atoms with E-state index in [0.717, 1.165) is 48.3 Å². The van der Waals surface area contributed by atoms with Gasteiger partial charge >= 0.3 is 5.97 Å². The van der Waals surface area contributed by atoms with E-state index in [9.17, 15) is 14.7 Å². The number of aliphatic carboxylic acids is 1. The van der Waals surface area contributed by atoms with E-state index in [1.54, 1.807) is 0 Å². The van der Waals surface area contributed by atoms with Crippen molar-refractivity contribution in [3.05, 3.63) is 51.4 Å². The molecule has 0 saturated heterocycles. The lowest BCUT2D eigenvalue weighted by molar-refractivity contribution is -0.137. The predicted octanol–water partition coefficient (Wildman–Crippen LogP) is 7.98. The highest BCUT2D eigenvalue weighted by Crippen LogP contribution is 2.53. The first-order valence-electron chi connectivity index (χ1n) is 13.5. The van der Waals surface area contributed by atoms with Crippen molar-refractivity contribution in [3.63, 3.8) is 0 Å². The summed E-state index contributed by atoms with van der Waals surface area (Å²) in [4.78, 5) is 24.5. The minimum Gasteiger partial charge on any atom is -0.481 e. The van der Waals surface area contributed by atoms with Gasteiger partial charge in [-0.3, -0.25) is 9.59 Å². The Bertz CT molecular complexity index is 1090. The molecule has 2 saturated carbocycles. The van der Waals surface area contributed by atoms with Crippen molar-refractivity contribution in [2.24, 2.45) is 11.3 Å². The van der Waals surface area contributed by atoms with Crippen LogP contribution < -0.4 is 0 Å². The van der Waals surface area contributed by atoms with Crippen molar-refractivity contribution in [2.45, 2.75) is 110 Å². The molecule has 0 spiro atoms. The lowest BCUT2D eigenvalue weighted by Gasteiger charge is -2.39.